The van der Waals surface area contributed by atoms with Crippen LogP contribution >= 0.6 is 0 Å². The molecule has 0 unspecified atom stereocenters. The number of nitrogens with zero attached hydrogens (tertiary/aromatic N) is 2. The molecule has 0 spiro atoms. The lowest BCUT2D eigenvalue weighted by atomic mass is 9.95. The normalized spacial score (nSPS) is 17.8. The average Bonchev–Trinajstić information content (AvgIpc) is 3.15. The number of rotatable bonds is 6. The maximum atomic E-state index is 13.1. The molecule has 4 rings (SSSR count). The first-order chi connectivity index (χ1) is 15.3. The van der Waals surface area contributed by atoms with Crippen molar-refractivity contribution in [2.24, 2.45) is 0 Å². The number of fused-ring (bicyclic) bond motifs is 3. The van der Waals surface area contributed by atoms with Crippen LogP contribution in [0.1, 0.15) is 28.5 Å². The molecule has 1 atom stereocenters. The smallest absolute Gasteiger partial charge is 0.271 e. The SMILES string of the molecule is Cc1ccccc1CCNC(=O)CNC(=O)[C@]1(C)Cn2c(cc3ccccc32)C(=O)N1C. The molecule has 0 fully saturated rings. The van der Waals surface area contributed by atoms with Crippen molar-refractivity contribution in [3.05, 3.63) is 71.4 Å². The summed E-state index contributed by atoms with van der Waals surface area (Å²) in [7, 11) is 1.63. The number of para-hydroxylation sites is 1. The van der Waals surface area contributed by atoms with Gasteiger partial charge in [-0.1, -0.05) is 42.5 Å². The van der Waals surface area contributed by atoms with Gasteiger partial charge in [-0.25, -0.2) is 0 Å². The van der Waals surface area contributed by atoms with Gasteiger partial charge in [-0.3, -0.25) is 14.4 Å². The third kappa shape index (κ3) is 3.86. The van der Waals surface area contributed by atoms with Crippen molar-refractivity contribution in [1.29, 1.82) is 0 Å². The van der Waals surface area contributed by atoms with E-state index in [1.165, 1.54) is 16.0 Å². The highest BCUT2D eigenvalue weighted by atomic mass is 16.2. The zero-order valence-electron chi connectivity index (χ0n) is 18.6. The van der Waals surface area contributed by atoms with Crippen LogP contribution in [0.15, 0.2) is 54.6 Å². The number of amides is 3. The molecule has 0 aliphatic carbocycles. The van der Waals surface area contributed by atoms with E-state index in [0.29, 0.717) is 18.8 Å². The molecule has 0 saturated heterocycles. The molecule has 7 heteroatoms. The Morgan fingerprint density at radius 3 is 2.56 bits per heavy atom. The molecule has 3 amide bonds. The lowest BCUT2D eigenvalue weighted by Gasteiger charge is -2.41. The Labute approximate surface area is 187 Å². The van der Waals surface area contributed by atoms with Crippen molar-refractivity contribution in [2.45, 2.75) is 32.4 Å². The second-order valence-electron chi connectivity index (χ2n) is 8.52. The lowest BCUT2D eigenvalue weighted by molar-refractivity contribution is -0.134. The van der Waals surface area contributed by atoms with E-state index in [4.69, 9.17) is 0 Å². The van der Waals surface area contributed by atoms with Gasteiger partial charge in [0.15, 0.2) is 0 Å². The van der Waals surface area contributed by atoms with Gasteiger partial charge in [-0.15, -0.1) is 0 Å². The van der Waals surface area contributed by atoms with Crippen molar-refractivity contribution in [3.63, 3.8) is 0 Å². The van der Waals surface area contributed by atoms with Gasteiger partial charge in [0.2, 0.25) is 11.8 Å². The predicted molar refractivity (Wildman–Crippen MR) is 123 cm³/mol. The van der Waals surface area contributed by atoms with Gasteiger partial charge in [0, 0.05) is 24.5 Å². The van der Waals surface area contributed by atoms with E-state index in [-0.39, 0.29) is 24.3 Å². The molecule has 7 nitrogen and oxygen atoms in total. The first-order valence-electron chi connectivity index (χ1n) is 10.8. The number of benzene rings is 2. The van der Waals surface area contributed by atoms with E-state index >= 15 is 0 Å². The largest absolute Gasteiger partial charge is 0.354 e. The summed E-state index contributed by atoms with van der Waals surface area (Å²) in [6.45, 7) is 4.45. The van der Waals surface area contributed by atoms with E-state index in [1.54, 1.807) is 14.0 Å². The van der Waals surface area contributed by atoms with E-state index in [1.807, 2.05) is 66.1 Å². The van der Waals surface area contributed by atoms with Gasteiger partial charge in [0.25, 0.3) is 5.91 Å². The van der Waals surface area contributed by atoms with Crippen molar-refractivity contribution >= 4 is 28.6 Å². The van der Waals surface area contributed by atoms with Crippen molar-refractivity contribution in [1.82, 2.24) is 20.1 Å². The zero-order chi connectivity index (χ0) is 22.9. The molecule has 0 saturated carbocycles. The topological polar surface area (TPSA) is 83.4 Å². The summed E-state index contributed by atoms with van der Waals surface area (Å²) in [5, 5.41) is 6.52. The number of aryl methyl sites for hydroxylation is 1. The molecule has 2 aromatic carbocycles. The number of hydrogen-bond donors (Lipinski definition) is 2. The maximum absolute atomic E-state index is 13.1. The summed E-state index contributed by atoms with van der Waals surface area (Å²) in [6, 6.07) is 17.6. The summed E-state index contributed by atoms with van der Waals surface area (Å²) < 4.78 is 1.89. The molecule has 0 bridgehead atoms. The molecule has 1 aliphatic rings. The van der Waals surface area contributed by atoms with Crippen LogP contribution in [0.4, 0.5) is 0 Å². The van der Waals surface area contributed by atoms with Crippen LogP contribution in [-0.4, -0.2) is 52.9 Å². The number of hydrogen-bond acceptors (Lipinski definition) is 3. The van der Waals surface area contributed by atoms with Crippen LogP contribution in [0, 0.1) is 6.92 Å². The lowest BCUT2D eigenvalue weighted by Crippen LogP contribution is -2.63. The van der Waals surface area contributed by atoms with Crippen LogP contribution < -0.4 is 10.6 Å². The molecule has 2 N–H and O–H groups in total. The second kappa shape index (κ2) is 8.49. The van der Waals surface area contributed by atoms with Gasteiger partial charge in [-0.05, 0) is 43.5 Å². The van der Waals surface area contributed by atoms with Crippen LogP contribution in [0.25, 0.3) is 10.9 Å². The minimum atomic E-state index is -1.10. The molecule has 1 aliphatic heterocycles. The van der Waals surface area contributed by atoms with E-state index in [9.17, 15) is 14.4 Å². The van der Waals surface area contributed by atoms with E-state index < -0.39 is 5.54 Å². The molecule has 166 valence electrons. The highest BCUT2D eigenvalue weighted by Crippen LogP contribution is 2.31. The summed E-state index contributed by atoms with van der Waals surface area (Å²) in [5.74, 6) is -0.828. The molecular weight excluding hydrogens is 404 g/mol. The van der Waals surface area contributed by atoms with Crippen LogP contribution in [0.2, 0.25) is 0 Å². The van der Waals surface area contributed by atoms with Gasteiger partial charge >= 0.3 is 0 Å². The van der Waals surface area contributed by atoms with Crippen LogP contribution in [0.3, 0.4) is 0 Å². The molecule has 3 aromatic rings. The summed E-state index contributed by atoms with van der Waals surface area (Å²) in [5.41, 5.74) is 2.74. The van der Waals surface area contributed by atoms with Gasteiger partial charge in [0.05, 0.1) is 13.1 Å². The Morgan fingerprint density at radius 2 is 1.78 bits per heavy atom. The van der Waals surface area contributed by atoms with Crippen molar-refractivity contribution in [3.8, 4) is 0 Å². The fraction of sp³-hybridized carbons (Fsp3) is 0.320. The highest BCUT2D eigenvalue weighted by molar-refractivity contribution is 6.03. The Bertz CT molecular complexity index is 1200. The molecular formula is C25H28N4O3. The number of carbonyl (C=O) groups is 3. The van der Waals surface area contributed by atoms with Crippen LogP contribution in [-0.2, 0) is 22.6 Å². The van der Waals surface area contributed by atoms with E-state index in [0.717, 1.165) is 17.3 Å². The Balaban J connectivity index is 1.39. The quantitative estimate of drug-likeness (QED) is 0.627. The average molecular weight is 433 g/mol. The first-order valence-corrected chi connectivity index (χ1v) is 10.8. The first kappa shape index (κ1) is 21.6. The Kier molecular flexibility index (Phi) is 5.74. The molecule has 2 heterocycles. The molecule has 0 radical (unpaired) electrons. The van der Waals surface area contributed by atoms with Crippen LogP contribution in [0.5, 0.6) is 0 Å². The minimum absolute atomic E-state index is 0.135. The van der Waals surface area contributed by atoms with E-state index in [2.05, 4.69) is 10.6 Å². The number of aromatic nitrogens is 1. The summed E-state index contributed by atoms with van der Waals surface area (Å²) in [4.78, 5) is 39.8. The predicted octanol–water partition coefficient (Wildman–Crippen LogP) is 2.27. The third-order valence-electron chi connectivity index (χ3n) is 6.42. The summed E-state index contributed by atoms with van der Waals surface area (Å²) >= 11 is 0. The standard InChI is InChI=1S/C25H28N4O3/c1-17-8-4-5-9-18(17)12-13-26-22(30)15-27-24(32)25(2)16-29-20-11-7-6-10-19(20)14-21(29)23(31)28(25)3/h4-11,14H,12-13,15-16H2,1-3H3,(H,26,30)(H,27,32)/t25-/m0/s1. The van der Waals surface area contributed by atoms with Crippen molar-refractivity contribution < 1.29 is 14.4 Å². The van der Waals surface area contributed by atoms with Crippen molar-refractivity contribution in [2.75, 3.05) is 20.1 Å². The minimum Gasteiger partial charge on any atom is -0.354 e. The Morgan fingerprint density at radius 1 is 1.06 bits per heavy atom. The fourth-order valence-corrected chi connectivity index (χ4v) is 4.23. The highest BCUT2D eigenvalue weighted by Gasteiger charge is 2.45. The van der Waals surface area contributed by atoms with Gasteiger partial charge in [-0.2, -0.15) is 0 Å². The second-order valence-corrected chi connectivity index (χ2v) is 8.52. The summed E-state index contributed by atoms with van der Waals surface area (Å²) in [6.07, 6.45) is 0.727. The van der Waals surface area contributed by atoms with Gasteiger partial charge in [0.1, 0.15) is 11.2 Å². The fourth-order valence-electron chi connectivity index (χ4n) is 4.23. The zero-order valence-corrected chi connectivity index (χ0v) is 18.6. The number of nitrogens with one attached hydrogen (secondary N) is 2. The maximum Gasteiger partial charge on any atom is 0.271 e. The number of likely N-dealkylation sites (N-methyl/N-ethyl adjacent to an activating group) is 1. The molecule has 1 aromatic heterocycles. The Hall–Kier alpha value is -3.61. The third-order valence-corrected chi connectivity index (χ3v) is 6.42. The van der Waals surface area contributed by atoms with Gasteiger partial charge < -0.3 is 20.1 Å². The monoisotopic (exact) mass is 432 g/mol. The number of carbonyl (C=O) groups excluding carboxylic acids is 3. The molecule has 32 heavy (non-hydrogen) atoms.